The van der Waals surface area contributed by atoms with Crippen LogP contribution in [-0.4, -0.2) is 29.0 Å². The Morgan fingerprint density at radius 1 is 1.03 bits per heavy atom. The van der Waals surface area contributed by atoms with Crippen molar-refractivity contribution < 1.29 is 14.9 Å². The van der Waals surface area contributed by atoms with Crippen LogP contribution >= 0.6 is 0 Å². The molecule has 3 nitrogen and oxygen atoms in total. The highest BCUT2D eigenvalue weighted by molar-refractivity contribution is 5.41. The summed E-state index contributed by atoms with van der Waals surface area (Å²) >= 11 is 0. The van der Waals surface area contributed by atoms with E-state index in [0.29, 0.717) is 17.6 Å². The smallest absolute Gasteiger partial charge is 0.110 e. The first-order valence-electron chi connectivity index (χ1n) is 13.0. The maximum atomic E-state index is 12.3. The Morgan fingerprint density at radius 3 is 2.41 bits per heavy atom. The second-order valence-corrected chi connectivity index (χ2v) is 12.4. The van der Waals surface area contributed by atoms with Crippen LogP contribution in [0, 0.1) is 39.9 Å². The zero-order chi connectivity index (χ0) is 22.5. The first-order valence-corrected chi connectivity index (χ1v) is 13.0. The summed E-state index contributed by atoms with van der Waals surface area (Å²) in [5.74, 6) is 1.94. The molecule has 0 aliphatic heterocycles. The summed E-state index contributed by atoms with van der Waals surface area (Å²) in [4.78, 5) is 0. The van der Waals surface area contributed by atoms with Gasteiger partial charge in [-0.2, -0.15) is 0 Å². The zero-order valence-electron chi connectivity index (χ0n) is 20.2. The third-order valence-corrected chi connectivity index (χ3v) is 11.8. The normalized spacial score (nSPS) is 50.8. The van der Waals surface area contributed by atoms with Gasteiger partial charge in [-0.1, -0.05) is 45.0 Å². The minimum atomic E-state index is -0.979. The number of methoxy groups -OCH3 is 1. The van der Waals surface area contributed by atoms with Gasteiger partial charge in [-0.05, 0) is 97.2 Å². The number of hydrogen-bond donors (Lipinski definition) is 2. The summed E-state index contributed by atoms with van der Waals surface area (Å²) in [7, 11) is 1.68. The molecule has 0 aromatic heterocycles. The van der Waals surface area contributed by atoms with Crippen molar-refractivity contribution >= 4 is 0 Å². The van der Waals surface area contributed by atoms with Gasteiger partial charge in [-0.15, -0.1) is 0 Å². The van der Waals surface area contributed by atoms with Gasteiger partial charge in [0.15, 0.2) is 0 Å². The van der Waals surface area contributed by atoms with Crippen molar-refractivity contribution in [1.29, 1.82) is 0 Å². The summed E-state index contributed by atoms with van der Waals surface area (Å²) < 4.78 is 5.79. The van der Waals surface area contributed by atoms with Crippen molar-refractivity contribution in [3.05, 3.63) is 47.2 Å². The van der Waals surface area contributed by atoms with Gasteiger partial charge in [-0.25, -0.2) is 0 Å². The van der Waals surface area contributed by atoms with E-state index in [1.807, 2.05) is 6.08 Å². The van der Waals surface area contributed by atoms with Crippen LogP contribution in [0.15, 0.2) is 36.1 Å². The quantitative estimate of drug-likeness (QED) is 0.622. The lowest BCUT2D eigenvalue weighted by molar-refractivity contribution is -0.181. The Labute approximate surface area is 193 Å². The van der Waals surface area contributed by atoms with E-state index in [9.17, 15) is 10.2 Å². The highest BCUT2D eigenvalue weighted by Crippen LogP contribution is 2.86. The number of benzene rings is 1. The molecule has 1 aromatic rings. The van der Waals surface area contributed by atoms with Gasteiger partial charge < -0.3 is 14.9 Å². The monoisotopic (exact) mass is 436 g/mol. The third-order valence-electron chi connectivity index (χ3n) is 11.8. The number of rotatable bonds is 4. The molecule has 0 radical (unpaired) electrons. The average molecular weight is 437 g/mol. The average Bonchev–Trinajstić information content (AvgIpc) is 3.40. The van der Waals surface area contributed by atoms with E-state index in [2.05, 4.69) is 45.0 Å². The molecule has 1 spiro atoms. The molecule has 1 aromatic carbocycles. The summed E-state index contributed by atoms with van der Waals surface area (Å²) in [5.41, 5.74) is 1.99. The molecule has 4 saturated carbocycles. The lowest BCUT2D eigenvalue weighted by Gasteiger charge is -2.56. The molecular formula is C29H40O3. The van der Waals surface area contributed by atoms with Gasteiger partial charge in [0.1, 0.15) is 11.7 Å². The minimum absolute atomic E-state index is 0.0438. The molecule has 0 amide bonds. The first kappa shape index (κ1) is 21.2. The number of hydrogen-bond acceptors (Lipinski definition) is 3. The number of aliphatic hydroxyl groups excluding tert-OH is 1. The van der Waals surface area contributed by atoms with Gasteiger partial charge in [0.25, 0.3) is 0 Å². The molecule has 0 heterocycles. The van der Waals surface area contributed by atoms with Crippen molar-refractivity contribution in [1.82, 2.24) is 0 Å². The SMILES string of the molecule is CCc1ccc(C[C@@H]2CC[C@@]3(CC[C@H]4C[C@]5(C)[C@@]6(O)[C@H](OC)C=C(O)[C@H]6[C@H]4[C@]35C)C2)cc1. The number of aliphatic hydroxyl groups is 2. The van der Waals surface area contributed by atoms with Crippen LogP contribution in [0.25, 0.3) is 0 Å². The summed E-state index contributed by atoms with van der Waals surface area (Å²) in [6.07, 6.45) is 11.1. The molecule has 32 heavy (non-hydrogen) atoms. The molecule has 5 aliphatic rings. The Hall–Kier alpha value is -1.32. The van der Waals surface area contributed by atoms with E-state index < -0.39 is 11.7 Å². The van der Waals surface area contributed by atoms with E-state index in [4.69, 9.17) is 4.74 Å². The zero-order valence-corrected chi connectivity index (χ0v) is 20.2. The predicted octanol–water partition coefficient (Wildman–Crippen LogP) is 5.85. The number of ether oxygens (including phenoxy) is 1. The van der Waals surface area contributed by atoms with Gasteiger partial charge in [0.2, 0.25) is 0 Å². The fourth-order valence-electron chi connectivity index (χ4n) is 10.3. The topological polar surface area (TPSA) is 49.7 Å². The molecule has 5 aliphatic carbocycles. The van der Waals surface area contributed by atoms with Gasteiger partial charge >= 0.3 is 0 Å². The van der Waals surface area contributed by atoms with Crippen LogP contribution in [0.1, 0.15) is 70.4 Å². The summed E-state index contributed by atoms with van der Waals surface area (Å²) in [6, 6.07) is 9.26. The standard InChI is InChI=1S/C29H40O3/c1-5-18-6-8-19(9-7-18)14-20-10-12-28(16-20)13-11-21-17-26(2)27(28,3)24(21)25-22(30)15-23(32-4)29(25,26)31/h6-9,15,20-21,23-25,30-31H,5,10-14,16-17H2,1-4H3/t20-,21-,23+,24-,25-,26-,27-,28+,29+/m0/s1. The molecule has 0 saturated heterocycles. The fraction of sp³-hybridized carbons (Fsp3) is 0.724. The van der Waals surface area contributed by atoms with Crippen molar-refractivity contribution in [3.63, 3.8) is 0 Å². The van der Waals surface area contributed by atoms with Crippen LogP contribution in [0.4, 0.5) is 0 Å². The van der Waals surface area contributed by atoms with Gasteiger partial charge in [0.05, 0.1) is 11.7 Å². The van der Waals surface area contributed by atoms with E-state index in [1.54, 1.807) is 7.11 Å². The molecule has 174 valence electrons. The molecule has 9 atom stereocenters. The van der Waals surface area contributed by atoms with E-state index in [1.165, 1.54) is 49.7 Å². The molecule has 6 rings (SSSR count). The largest absolute Gasteiger partial charge is 0.512 e. The van der Waals surface area contributed by atoms with E-state index in [0.717, 1.165) is 18.8 Å². The first-order chi connectivity index (χ1) is 15.2. The number of aryl methyl sites for hydroxylation is 1. The van der Waals surface area contributed by atoms with Crippen LogP contribution < -0.4 is 0 Å². The maximum absolute atomic E-state index is 12.3. The van der Waals surface area contributed by atoms with Crippen LogP contribution in [0.2, 0.25) is 0 Å². The Kier molecular flexibility index (Phi) is 4.40. The van der Waals surface area contributed by atoms with E-state index >= 15 is 0 Å². The third kappa shape index (κ3) is 2.21. The Balaban J connectivity index is 1.34. The number of fused-ring (bicyclic) bond motifs is 2. The van der Waals surface area contributed by atoms with Crippen molar-refractivity contribution in [2.75, 3.05) is 7.11 Å². The highest BCUT2D eigenvalue weighted by Gasteiger charge is 2.86. The van der Waals surface area contributed by atoms with Crippen molar-refractivity contribution in [2.45, 2.75) is 83.8 Å². The van der Waals surface area contributed by atoms with Crippen molar-refractivity contribution in [3.8, 4) is 0 Å². The second-order valence-electron chi connectivity index (χ2n) is 12.4. The molecule has 4 bridgehead atoms. The molecule has 4 fully saturated rings. The highest BCUT2D eigenvalue weighted by atomic mass is 16.5. The predicted molar refractivity (Wildman–Crippen MR) is 126 cm³/mol. The van der Waals surface area contributed by atoms with Gasteiger partial charge in [0, 0.05) is 12.5 Å². The molecule has 2 N–H and O–H groups in total. The summed E-state index contributed by atoms with van der Waals surface area (Å²) in [6.45, 7) is 7.07. The lowest BCUT2D eigenvalue weighted by atomic mass is 9.48. The lowest BCUT2D eigenvalue weighted by Crippen LogP contribution is -2.59. The Bertz CT molecular complexity index is 952. The second kappa shape index (κ2) is 6.63. The van der Waals surface area contributed by atoms with Crippen LogP contribution in [0.3, 0.4) is 0 Å². The van der Waals surface area contributed by atoms with Crippen molar-refractivity contribution in [2.24, 2.45) is 39.9 Å². The Morgan fingerprint density at radius 2 is 1.72 bits per heavy atom. The van der Waals surface area contributed by atoms with Crippen LogP contribution in [0.5, 0.6) is 0 Å². The summed E-state index contributed by atoms with van der Waals surface area (Å²) in [5, 5.41) is 23.3. The molecule has 0 unspecified atom stereocenters. The molecular weight excluding hydrogens is 396 g/mol. The molecule has 3 heteroatoms. The maximum Gasteiger partial charge on any atom is 0.110 e. The van der Waals surface area contributed by atoms with E-state index in [-0.39, 0.29) is 22.2 Å². The van der Waals surface area contributed by atoms with Gasteiger partial charge in [-0.3, -0.25) is 0 Å². The fourth-order valence-corrected chi connectivity index (χ4v) is 10.3. The van der Waals surface area contributed by atoms with Crippen LogP contribution in [-0.2, 0) is 17.6 Å². The minimum Gasteiger partial charge on any atom is -0.512 e.